The van der Waals surface area contributed by atoms with Crippen molar-refractivity contribution in [3.63, 3.8) is 0 Å². The summed E-state index contributed by atoms with van der Waals surface area (Å²) >= 11 is 0. The summed E-state index contributed by atoms with van der Waals surface area (Å²) in [6.07, 6.45) is 8.72. The summed E-state index contributed by atoms with van der Waals surface area (Å²) in [5, 5.41) is 5.20. The molecule has 3 rings (SSSR count). The van der Waals surface area contributed by atoms with Crippen LogP contribution in [0.2, 0.25) is 0 Å². The van der Waals surface area contributed by atoms with Crippen molar-refractivity contribution in [2.75, 3.05) is 0 Å². The highest BCUT2D eigenvalue weighted by Crippen LogP contribution is 2.43. The van der Waals surface area contributed by atoms with E-state index in [0.29, 0.717) is 11.3 Å². The zero-order valence-corrected chi connectivity index (χ0v) is 14.4. The van der Waals surface area contributed by atoms with Crippen LogP contribution in [0.1, 0.15) is 6.92 Å². The quantitative estimate of drug-likeness (QED) is 0.744. The Bertz CT molecular complexity index is 906. The van der Waals surface area contributed by atoms with Crippen LogP contribution in [0, 0.1) is 12.8 Å². The minimum atomic E-state index is -4.60. The van der Waals surface area contributed by atoms with Gasteiger partial charge < -0.3 is 10.4 Å². The van der Waals surface area contributed by atoms with E-state index in [1.54, 1.807) is 24.6 Å². The van der Waals surface area contributed by atoms with Crippen LogP contribution in [-0.4, -0.2) is 24.9 Å². The third-order valence-electron chi connectivity index (χ3n) is 3.88. The molecule has 1 aliphatic heterocycles. The molecule has 1 atom stereocenters. The van der Waals surface area contributed by atoms with Crippen molar-refractivity contribution in [1.29, 1.82) is 0 Å². The van der Waals surface area contributed by atoms with Gasteiger partial charge in [-0.2, -0.15) is 13.2 Å². The van der Waals surface area contributed by atoms with Gasteiger partial charge in [0.2, 0.25) is 10.0 Å². The molecule has 0 aromatic heterocycles. The highest BCUT2D eigenvalue weighted by molar-refractivity contribution is 7.90. The van der Waals surface area contributed by atoms with Gasteiger partial charge in [0.1, 0.15) is 0 Å². The topological polar surface area (TPSA) is 77.5 Å². The Morgan fingerprint density at radius 1 is 1.23 bits per heavy atom. The second-order valence-corrected chi connectivity index (χ2v) is 7.61. The number of nitrogens with zero attached hydrogens (tertiary/aromatic N) is 2. The SMILES string of the molecule is CC1=C[CH-]/C(=C2/C=C(C(F)(F)F)[N-]N2C2=C[CH-]C(S(N)(=O)=O)C=C2)C=C1. The largest absolute Gasteiger partial charge is 0.614 e. The van der Waals surface area contributed by atoms with Gasteiger partial charge in [0.25, 0.3) is 0 Å². The summed E-state index contributed by atoms with van der Waals surface area (Å²) in [6, 6.07) is 0. The third-order valence-corrected chi connectivity index (χ3v) is 4.96. The Hall–Kier alpha value is -2.52. The smallest absolute Gasteiger partial charge is 0.396 e. The summed E-state index contributed by atoms with van der Waals surface area (Å²) in [5.74, 6) is 0. The molecular weight excluding hydrogens is 367 g/mol. The van der Waals surface area contributed by atoms with E-state index >= 15 is 0 Å². The van der Waals surface area contributed by atoms with E-state index in [1.807, 2.05) is 6.92 Å². The third kappa shape index (κ3) is 3.68. The molecule has 0 amide bonds. The van der Waals surface area contributed by atoms with E-state index in [0.717, 1.165) is 16.7 Å². The molecule has 0 bridgehead atoms. The van der Waals surface area contributed by atoms with Gasteiger partial charge in [-0.05, 0) is 0 Å². The molecule has 9 heteroatoms. The normalized spacial score (nSPS) is 25.8. The van der Waals surface area contributed by atoms with E-state index in [2.05, 4.69) is 5.43 Å². The second-order valence-electron chi connectivity index (χ2n) is 5.89. The lowest BCUT2D eigenvalue weighted by molar-refractivity contribution is -0.0898. The number of halogens is 3. The minimum absolute atomic E-state index is 0.246. The average Bonchev–Trinajstić information content (AvgIpc) is 3.00. The fourth-order valence-electron chi connectivity index (χ4n) is 2.51. The summed E-state index contributed by atoms with van der Waals surface area (Å²) in [7, 11) is -3.81. The molecule has 2 N–H and O–H groups in total. The summed E-state index contributed by atoms with van der Waals surface area (Å²) in [5.41, 5.74) is 4.71. The summed E-state index contributed by atoms with van der Waals surface area (Å²) in [4.78, 5) is 0. The maximum Gasteiger partial charge on any atom is 0.396 e. The van der Waals surface area contributed by atoms with Crippen molar-refractivity contribution in [1.82, 2.24) is 5.01 Å². The van der Waals surface area contributed by atoms with Crippen LogP contribution in [0.15, 0.2) is 70.8 Å². The number of primary sulfonamides is 1. The first kappa shape index (κ1) is 18.3. The Labute approximate surface area is 149 Å². The molecule has 0 spiro atoms. The van der Waals surface area contributed by atoms with Crippen molar-refractivity contribution < 1.29 is 21.6 Å². The molecule has 26 heavy (non-hydrogen) atoms. The lowest BCUT2D eigenvalue weighted by Crippen LogP contribution is -2.29. The van der Waals surface area contributed by atoms with Crippen LogP contribution in [0.4, 0.5) is 13.2 Å². The van der Waals surface area contributed by atoms with Gasteiger partial charge in [-0.25, -0.2) is 26.1 Å². The molecule has 0 aromatic carbocycles. The van der Waals surface area contributed by atoms with Gasteiger partial charge in [-0.3, -0.25) is 0 Å². The van der Waals surface area contributed by atoms with Crippen molar-refractivity contribution in [3.8, 4) is 0 Å². The molecule has 5 nitrogen and oxygen atoms in total. The molecule has 2 aliphatic carbocycles. The Balaban J connectivity index is 1.94. The number of hydrogen-bond acceptors (Lipinski definition) is 3. The van der Waals surface area contributed by atoms with Gasteiger partial charge in [0.15, 0.2) is 0 Å². The predicted molar refractivity (Wildman–Crippen MR) is 92.0 cm³/mol. The summed E-state index contributed by atoms with van der Waals surface area (Å²) in [6.45, 7) is 1.87. The number of nitrogens with two attached hydrogens (primary N) is 1. The van der Waals surface area contributed by atoms with Crippen molar-refractivity contribution in [2.45, 2.75) is 18.3 Å². The number of allylic oxidation sites excluding steroid dienone is 9. The van der Waals surface area contributed by atoms with Gasteiger partial charge in [-0.1, -0.05) is 30.5 Å². The first-order chi connectivity index (χ1) is 12.1. The molecule has 0 radical (unpaired) electrons. The van der Waals surface area contributed by atoms with E-state index in [9.17, 15) is 21.6 Å². The fraction of sp³-hybridized carbons (Fsp3) is 0.176. The lowest BCUT2D eigenvalue weighted by atomic mass is 10.0. The van der Waals surface area contributed by atoms with Gasteiger partial charge in [0.05, 0.1) is 0 Å². The molecule has 1 unspecified atom stereocenters. The van der Waals surface area contributed by atoms with Gasteiger partial charge in [-0.15, -0.1) is 47.6 Å². The second kappa shape index (κ2) is 6.33. The van der Waals surface area contributed by atoms with Gasteiger partial charge in [0, 0.05) is 5.25 Å². The zero-order valence-electron chi connectivity index (χ0n) is 13.6. The van der Waals surface area contributed by atoms with Crippen molar-refractivity contribution >= 4 is 10.0 Å². The highest BCUT2D eigenvalue weighted by atomic mass is 32.2. The van der Waals surface area contributed by atoms with E-state index in [1.165, 1.54) is 24.6 Å². The Morgan fingerprint density at radius 3 is 2.46 bits per heavy atom. The number of rotatable bonds is 2. The standard InChI is InChI=1S/C17H15F3N3O2S/c1-11-2-4-12(5-3-11)15-10-16(17(18,19)20)22-23(15)13-6-8-14(9-7-13)26(21,24)25/h2-10,14H,1H3,(H2,21,24,25)/q-3. The Morgan fingerprint density at radius 2 is 1.96 bits per heavy atom. The van der Waals surface area contributed by atoms with Crippen molar-refractivity contribution in [2.24, 2.45) is 5.14 Å². The van der Waals surface area contributed by atoms with E-state index < -0.39 is 27.1 Å². The molecule has 0 saturated carbocycles. The number of hydrogen-bond donors (Lipinski definition) is 1. The van der Waals surface area contributed by atoms with Crippen LogP contribution in [0.5, 0.6) is 0 Å². The summed E-state index contributed by atoms with van der Waals surface area (Å²) < 4.78 is 62.1. The molecular formula is C17H15F3N3O2S-3. The van der Waals surface area contributed by atoms with Gasteiger partial charge >= 0.3 is 6.18 Å². The van der Waals surface area contributed by atoms with E-state index in [4.69, 9.17) is 5.14 Å². The number of sulfonamides is 1. The molecule has 0 aromatic rings. The van der Waals surface area contributed by atoms with E-state index in [-0.39, 0.29) is 5.70 Å². The molecule has 3 aliphatic rings. The molecule has 0 fully saturated rings. The van der Waals surface area contributed by atoms with Crippen molar-refractivity contribution in [3.05, 3.63) is 89.0 Å². The van der Waals surface area contributed by atoms with Crippen LogP contribution in [-0.2, 0) is 10.0 Å². The fourth-order valence-corrected chi connectivity index (χ4v) is 3.11. The lowest BCUT2D eigenvalue weighted by Gasteiger charge is -2.48. The average molecular weight is 382 g/mol. The Kier molecular flexibility index (Phi) is 4.45. The van der Waals surface area contributed by atoms with Crippen LogP contribution in [0.25, 0.3) is 5.43 Å². The minimum Gasteiger partial charge on any atom is -0.614 e. The van der Waals surface area contributed by atoms with Crippen LogP contribution >= 0.6 is 0 Å². The first-order valence-corrected chi connectivity index (χ1v) is 9.16. The van der Waals surface area contributed by atoms with Crippen LogP contribution < -0.4 is 5.14 Å². The monoisotopic (exact) mass is 382 g/mol. The molecule has 0 saturated heterocycles. The number of alkyl halides is 3. The maximum absolute atomic E-state index is 13.1. The van der Waals surface area contributed by atoms with Crippen LogP contribution in [0.3, 0.4) is 0 Å². The molecule has 140 valence electrons. The maximum atomic E-state index is 13.1. The highest BCUT2D eigenvalue weighted by Gasteiger charge is 2.30. The zero-order chi connectivity index (χ0) is 19.1. The molecule has 1 heterocycles. The predicted octanol–water partition coefficient (Wildman–Crippen LogP) is 3.33. The first-order valence-electron chi connectivity index (χ1n) is 7.55.